The molecule has 0 bridgehead atoms. The number of halogens is 1. The average molecular weight is 647 g/mol. The number of aliphatic carboxylic acids is 1. The Balaban J connectivity index is 1.79. The van der Waals surface area contributed by atoms with Crippen molar-refractivity contribution in [1.82, 2.24) is 14.9 Å². The van der Waals surface area contributed by atoms with Crippen LogP contribution < -0.4 is 26.7 Å². The molecule has 11 atom stereocenters. The number of aliphatic hydroxyl groups is 6. The highest BCUT2D eigenvalue weighted by Gasteiger charge is 2.54. The molecule has 2 saturated heterocycles. The number of nitrogens with two attached hydrogens (primary N) is 1. The van der Waals surface area contributed by atoms with Crippen LogP contribution in [-0.4, -0.2) is 126 Å². The van der Waals surface area contributed by atoms with Crippen molar-refractivity contribution in [2.75, 3.05) is 24.8 Å². The van der Waals surface area contributed by atoms with Crippen molar-refractivity contribution in [3.63, 3.8) is 0 Å². The third kappa shape index (κ3) is 7.42. The smallest absolute Gasteiger partial charge is 0.351 e. The summed E-state index contributed by atoms with van der Waals surface area (Å²) in [5.74, 6) is -7.57. The Morgan fingerprint density at radius 2 is 2.00 bits per heavy atom. The third-order valence-corrected chi connectivity index (χ3v) is 7.60. The first-order valence-corrected chi connectivity index (χ1v) is 14.0. The molecule has 42 heavy (non-hydrogen) atoms. The maximum absolute atomic E-state index is 12.7. The topological polar surface area (TPSA) is 329 Å². The van der Waals surface area contributed by atoms with Crippen LogP contribution in [-0.2, 0) is 32.7 Å². The van der Waals surface area contributed by atoms with Crippen LogP contribution in [0.1, 0.15) is 12.6 Å². The molecule has 1 amide bonds. The van der Waals surface area contributed by atoms with E-state index < -0.39 is 112 Å². The van der Waals surface area contributed by atoms with E-state index >= 15 is 0 Å². The highest BCUT2D eigenvalue weighted by atomic mass is 35.5. The van der Waals surface area contributed by atoms with E-state index in [2.05, 4.69) is 19.3 Å². The Morgan fingerprint density at radius 3 is 2.57 bits per heavy atom. The van der Waals surface area contributed by atoms with E-state index in [4.69, 9.17) is 26.8 Å². The fourth-order valence-electron chi connectivity index (χ4n) is 4.29. The van der Waals surface area contributed by atoms with E-state index in [0.29, 0.717) is 0 Å². The molecule has 238 valence electrons. The summed E-state index contributed by atoms with van der Waals surface area (Å²) in [5, 5.41) is 74.8. The average Bonchev–Trinajstić information content (AvgIpc) is 3.20. The normalized spacial score (nSPS) is 34.3. The van der Waals surface area contributed by atoms with Gasteiger partial charge >= 0.3 is 5.69 Å². The van der Waals surface area contributed by atoms with Crippen LogP contribution >= 0.6 is 19.4 Å². The van der Waals surface area contributed by atoms with Gasteiger partial charge in [-0.25, -0.2) is 4.79 Å². The number of rotatable bonds is 12. The van der Waals surface area contributed by atoms with Gasteiger partial charge in [0.05, 0.1) is 25.4 Å². The van der Waals surface area contributed by atoms with Gasteiger partial charge in [-0.1, -0.05) is 0 Å². The van der Waals surface area contributed by atoms with E-state index in [1.54, 1.807) is 0 Å². The number of carboxylic acids is 1. The van der Waals surface area contributed by atoms with Crippen LogP contribution in [0.4, 0.5) is 5.82 Å². The minimum atomic E-state index is -5.83. The number of nitrogen functional groups attached to an aromatic ring is 1. The number of nitrogens with zero attached hydrogens (tertiary/aromatic N) is 2. The molecule has 1 aromatic heterocycles. The van der Waals surface area contributed by atoms with Crippen molar-refractivity contribution < 1.29 is 73.3 Å². The van der Waals surface area contributed by atoms with Crippen LogP contribution in [0.2, 0.25) is 0 Å². The van der Waals surface area contributed by atoms with Crippen LogP contribution in [0.3, 0.4) is 0 Å². The highest BCUT2D eigenvalue weighted by molar-refractivity contribution is 7.45. The van der Waals surface area contributed by atoms with Crippen LogP contribution in [0, 0.1) is 0 Å². The molecule has 0 radical (unpaired) electrons. The number of hydrogen-bond acceptors (Lipinski definition) is 18. The second-order valence-corrected chi connectivity index (χ2v) is 10.9. The van der Waals surface area contributed by atoms with Crippen molar-refractivity contribution in [2.24, 2.45) is 0 Å². The number of ether oxygens (including phenoxy) is 2. The first-order valence-electron chi connectivity index (χ1n) is 12.0. The summed E-state index contributed by atoms with van der Waals surface area (Å²) in [6, 6.07) is -0.511. The number of anilines is 1. The van der Waals surface area contributed by atoms with Gasteiger partial charge in [-0.15, -0.1) is 11.6 Å². The standard InChI is InChI=1S/C20H30ClN4O16P/c21-4-11(29)24-12-7(27)3-20(18(33)34,40-16(12)13(30)8(28)5-26)41-42(36,37)38-6-9-14(31)15(32)17(39-9)25-2-1-10(22)23-19(25)35/h1-2,7-9,12-17,26-28,30-32H,3-6H2,(H,24,29)(H,33,34)(H,36,37)(H2,22,23,35)/p-2/t7-,8+,9?,12+,13+,14+,15+,16?,17?,20+/m0/s1. The summed E-state index contributed by atoms with van der Waals surface area (Å²) in [4.78, 5) is 52.1. The molecular weight excluding hydrogens is 619 g/mol. The lowest BCUT2D eigenvalue weighted by Crippen LogP contribution is -2.69. The van der Waals surface area contributed by atoms with Gasteiger partial charge in [-0.05, 0) is 6.07 Å². The molecule has 0 aromatic carbocycles. The van der Waals surface area contributed by atoms with Gasteiger partial charge in [-0.2, -0.15) is 4.98 Å². The number of carbonyl (C=O) groups is 2. The number of phosphoric acid groups is 1. The molecular formula is C20H28ClN4O16P-2. The molecule has 1 aromatic rings. The minimum absolute atomic E-state index is 0.154. The summed E-state index contributed by atoms with van der Waals surface area (Å²) in [6.07, 6.45) is -15.4. The number of carboxylic acid groups (broad SMARTS) is 1. The Labute approximate surface area is 240 Å². The largest absolute Gasteiger partial charge is 0.756 e. The Morgan fingerprint density at radius 1 is 1.33 bits per heavy atom. The number of nitrogens with one attached hydrogen (secondary N) is 1. The van der Waals surface area contributed by atoms with Gasteiger partial charge in [0.15, 0.2) is 6.23 Å². The summed E-state index contributed by atoms with van der Waals surface area (Å²) in [7, 11) is -5.83. The lowest BCUT2D eigenvalue weighted by atomic mass is 9.88. The minimum Gasteiger partial charge on any atom is -0.756 e. The molecule has 9 N–H and O–H groups in total. The number of carbonyl (C=O) groups excluding carboxylic acids is 2. The van der Waals surface area contributed by atoms with E-state index in [9.17, 15) is 59.6 Å². The number of aromatic nitrogens is 2. The van der Waals surface area contributed by atoms with Crippen molar-refractivity contribution >= 4 is 37.1 Å². The molecule has 20 nitrogen and oxygen atoms in total. The van der Waals surface area contributed by atoms with Gasteiger partial charge in [-0.3, -0.25) is 18.5 Å². The van der Waals surface area contributed by atoms with Gasteiger partial charge in [0, 0.05) is 12.6 Å². The number of phosphoric ester groups is 1. The van der Waals surface area contributed by atoms with Crippen molar-refractivity contribution in [3.8, 4) is 0 Å². The maximum Gasteiger partial charge on any atom is 0.351 e. The van der Waals surface area contributed by atoms with Crippen LogP contribution in [0.5, 0.6) is 0 Å². The second kappa shape index (κ2) is 13.6. The lowest BCUT2D eigenvalue weighted by Gasteiger charge is -2.50. The van der Waals surface area contributed by atoms with E-state index in [-0.39, 0.29) is 5.82 Å². The van der Waals surface area contributed by atoms with Crippen molar-refractivity contribution in [1.29, 1.82) is 0 Å². The fourth-order valence-corrected chi connectivity index (χ4v) is 5.30. The van der Waals surface area contributed by atoms with Crippen molar-refractivity contribution in [2.45, 2.75) is 67.2 Å². The SMILES string of the molecule is Nc1ccn(C2OC(COP(=O)([O-])O[C@@]3(C(=O)[O-])C[C@H](O)[C@@H](NC(=O)CCl)C([C@H](O)[C@H](O)CO)O3)[C@@H](O)[C@H]2O)c(=O)n1. The molecule has 2 aliphatic rings. The molecule has 2 aliphatic heterocycles. The Bertz CT molecular complexity index is 1240. The quantitative estimate of drug-likeness (QED) is 0.0772. The molecule has 4 unspecified atom stereocenters. The molecule has 0 aliphatic carbocycles. The zero-order valence-electron chi connectivity index (χ0n) is 21.2. The van der Waals surface area contributed by atoms with E-state index in [1.807, 2.05) is 0 Å². The predicted molar refractivity (Wildman–Crippen MR) is 128 cm³/mol. The molecule has 22 heteroatoms. The lowest BCUT2D eigenvalue weighted by molar-refractivity contribution is -0.377. The number of aliphatic hydroxyl groups excluding tert-OH is 6. The van der Waals surface area contributed by atoms with Crippen LogP contribution in [0.15, 0.2) is 17.1 Å². The Hall–Kier alpha value is -2.30. The number of alkyl halides is 1. The Kier molecular flexibility index (Phi) is 11.0. The zero-order chi connectivity index (χ0) is 31.6. The maximum atomic E-state index is 12.7. The van der Waals surface area contributed by atoms with E-state index in [0.717, 1.165) is 10.8 Å². The van der Waals surface area contributed by atoms with Crippen molar-refractivity contribution in [3.05, 3.63) is 22.7 Å². The summed E-state index contributed by atoms with van der Waals surface area (Å²) < 4.78 is 33.1. The summed E-state index contributed by atoms with van der Waals surface area (Å²) in [6.45, 7) is -2.22. The van der Waals surface area contributed by atoms with Crippen LogP contribution in [0.25, 0.3) is 0 Å². The number of amides is 1. The van der Waals surface area contributed by atoms with Gasteiger partial charge in [0.25, 0.3) is 7.82 Å². The third-order valence-electron chi connectivity index (χ3n) is 6.37. The molecule has 0 spiro atoms. The molecule has 2 fully saturated rings. The monoisotopic (exact) mass is 646 g/mol. The van der Waals surface area contributed by atoms with Gasteiger partial charge in [0.2, 0.25) is 11.7 Å². The van der Waals surface area contributed by atoms with Gasteiger partial charge < -0.3 is 70.5 Å². The zero-order valence-corrected chi connectivity index (χ0v) is 22.9. The molecule has 3 heterocycles. The number of hydrogen-bond donors (Lipinski definition) is 8. The first kappa shape index (κ1) is 34.2. The molecule has 0 saturated carbocycles. The first-order chi connectivity index (χ1) is 19.6. The highest BCUT2D eigenvalue weighted by Crippen LogP contribution is 2.48. The molecule has 3 rings (SSSR count). The van der Waals surface area contributed by atoms with Gasteiger partial charge in [0.1, 0.15) is 54.3 Å². The second-order valence-electron chi connectivity index (χ2n) is 9.28. The predicted octanol–water partition coefficient (Wildman–Crippen LogP) is -7.02. The summed E-state index contributed by atoms with van der Waals surface area (Å²) >= 11 is 5.42. The summed E-state index contributed by atoms with van der Waals surface area (Å²) in [5.41, 5.74) is 4.43. The van der Waals surface area contributed by atoms with E-state index in [1.165, 1.54) is 6.07 Å². The fraction of sp³-hybridized carbons (Fsp3) is 0.700.